The predicted molar refractivity (Wildman–Crippen MR) is 74.4 cm³/mol. The van der Waals surface area contributed by atoms with Crippen molar-refractivity contribution in [2.24, 2.45) is 0 Å². The van der Waals surface area contributed by atoms with E-state index in [4.69, 9.17) is 10.5 Å². The number of halogens is 3. The summed E-state index contributed by atoms with van der Waals surface area (Å²) in [5.41, 5.74) is 7.48. The number of alkyl halides is 3. The number of benzene rings is 1. The summed E-state index contributed by atoms with van der Waals surface area (Å²) in [5, 5.41) is 0. The Kier molecular flexibility index (Phi) is 3.80. The Balaban J connectivity index is 2.45. The average molecular weight is 296 g/mol. The topological polar surface area (TPSA) is 48.1 Å². The van der Waals surface area contributed by atoms with Crippen molar-refractivity contribution in [1.29, 1.82) is 0 Å². The quantitative estimate of drug-likeness (QED) is 0.893. The van der Waals surface area contributed by atoms with Crippen LogP contribution in [0.15, 0.2) is 24.4 Å². The first kappa shape index (κ1) is 15.2. The fourth-order valence-corrected chi connectivity index (χ4v) is 1.92. The molecule has 0 aliphatic carbocycles. The lowest BCUT2D eigenvalue weighted by Gasteiger charge is -2.14. The summed E-state index contributed by atoms with van der Waals surface area (Å²) in [7, 11) is 0. The number of anilines is 1. The van der Waals surface area contributed by atoms with Gasteiger partial charge in [0.15, 0.2) is 5.75 Å². The third kappa shape index (κ3) is 3.26. The molecule has 6 heteroatoms. The fourth-order valence-electron chi connectivity index (χ4n) is 1.92. The van der Waals surface area contributed by atoms with Crippen molar-refractivity contribution in [3.63, 3.8) is 0 Å². The van der Waals surface area contributed by atoms with Gasteiger partial charge in [-0.1, -0.05) is 6.07 Å². The second kappa shape index (κ2) is 5.27. The number of hydrogen-bond acceptors (Lipinski definition) is 3. The molecule has 0 spiro atoms. The fraction of sp³-hybridized carbons (Fsp3) is 0.267. The van der Waals surface area contributed by atoms with E-state index in [9.17, 15) is 13.2 Å². The van der Waals surface area contributed by atoms with Crippen LogP contribution in [0, 0.1) is 20.8 Å². The minimum absolute atomic E-state index is 0.0505. The molecule has 0 saturated carbocycles. The van der Waals surface area contributed by atoms with Crippen LogP contribution in [0.2, 0.25) is 0 Å². The number of rotatable bonds is 2. The van der Waals surface area contributed by atoms with Crippen LogP contribution in [0.5, 0.6) is 11.5 Å². The number of nitrogens with zero attached hydrogens (tertiary/aromatic N) is 1. The highest BCUT2D eigenvalue weighted by Crippen LogP contribution is 2.35. The van der Waals surface area contributed by atoms with E-state index >= 15 is 0 Å². The first-order valence-electron chi connectivity index (χ1n) is 6.27. The molecule has 0 aliphatic rings. The zero-order valence-electron chi connectivity index (χ0n) is 11.9. The van der Waals surface area contributed by atoms with Gasteiger partial charge in [-0.3, -0.25) is 0 Å². The standard InChI is InChI=1S/C15H15F3N2O/c1-8-4-9(2)10(3)12(5-8)21-13-6-14(15(16,17)18)20-7-11(13)19/h4-7H,19H2,1-3H3. The number of aryl methyl sites for hydroxylation is 2. The van der Waals surface area contributed by atoms with Gasteiger partial charge in [-0.15, -0.1) is 0 Å². The molecule has 0 unspecified atom stereocenters. The second-order valence-electron chi connectivity index (χ2n) is 4.91. The Morgan fingerprint density at radius 1 is 1.05 bits per heavy atom. The molecule has 0 aliphatic heterocycles. The molecule has 0 atom stereocenters. The summed E-state index contributed by atoms with van der Waals surface area (Å²) in [6, 6.07) is 4.54. The zero-order chi connectivity index (χ0) is 15.8. The summed E-state index contributed by atoms with van der Waals surface area (Å²) in [5.74, 6) is 0.434. The first-order valence-corrected chi connectivity index (χ1v) is 6.27. The van der Waals surface area contributed by atoms with Crippen molar-refractivity contribution in [2.45, 2.75) is 26.9 Å². The lowest BCUT2D eigenvalue weighted by molar-refractivity contribution is -0.141. The molecular weight excluding hydrogens is 281 g/mol. The van der Waals surface area contributed by atoms with E-state index in [1.807, 2.05) is 26.8 Å². The molecule has 1 heterocycles. The van der Waals surface area contributed by atoms with Gasteiger partial charge in [0.25, 0.3) is 0 Å². The summed E-state index contributed by atoms with van der Waals surface area (Å²) in [6.45, 7) is 5.63. The Bertz CT molecular complexity index is 681. The van der Waals surface area contributed by atoms with E-state index < -0.39 is 11.9 Å². The van der Waals surface area contributed by atoms with Gasteiger partial charge in [0.05, 0.1) is 11.9 Å². The predicted octanol–water partition coefficient (Wildman–Crippen LogP) is 4.40. The molecule has 0 radical (unpaired) electrons. The minimum atomic E-state index is -4.54. The van der Waals surface area contributed by atoms with E-state index in [-0.39, 0.29) is 11.4 Å². The number of nitrogen functional groups attached to an aromatic ring is 1. The Labute approximate surface area is 120 Å². The van der Waals surface area contributed by atoms with E-state index in [1.165, 1.54) is 0 Å². The van der Waals surface area contributed by atoms with Crippen LogP contribution >= 0.6 is 0 Å². The monoisotopic (exact) mass is 296 g/mol. The second-order valence-corrected chi connectivity index (χ2v) is 4.91. The molecule has 0 bridgehead atoms. The lowest BCUT2D eigenvalue weighted by atomic mass is 10.1. The van der Waals surface area contributed by atoms with Gasteiger partial charge in [-0.25, -0.2) is 4.98 Å². The van der Waals surface area contributed by atoms with E-state index in [2.05, 4.69) is 4.98 Å². The molecule has 2 rings (SSSR count). The molecule has 0 saturated heterocycles. The average Bonchev–Trinajstić information content (AvgIpc) is 2.36. The maximum atomic E-state index is 12.7. The minimum Gasteiger partial charge on any atom is -0.455 e. The van der Waals surface area contributed by atoms with Gasteiger partial charge in [0.2, 0.25) is 0 Å². The van der Waals surface area contributed by atoms with Gasteiger partial charge >= 0.3 is 6.18 Å². The molecule has 0 amide bonds. The van der Waals surface area contributed by atoms with Crippen molar-refractivity contribution >= 4 is 5.69 Å². The van der Waals surface area contributed by atoms with Gasteiger partial charge in [0, 0.05) is 6.07 Å². The molecule has 3 nitrogen and oxygen atoms in total. The summed E-state index contributed by atoms with van der Waals surface area (Å²) >= 11 is 0. The van der Waals surface area contributed by atoms with Crippen molar-refractivity contribution in [1.82, 2.24) is 4.98 Å². The number of ether oxygens (including phenoxy) is 1. The Hall–Kier alpha value is -2.24. The van der Waals surface area contributed by atoms with Gasteiger partial charge in [0.1, 0.15) is 11.4 Å². The van der Waals surface area contributed by atoms with Crippen LogP contribution in [0.3, 0.4) is 0 Å². The largest absolute Gasteiger partial charge is 0.455 e. The Morgan fingerprint density at radius 3 is 2.33 bits per heavy atom. The first-order chi connectivity index (χ1) is 9.68. The third-order valence-electron chi connectivity index (χ3n) is 3.17. The lowest BCUT2D eigenvalue weighted by Crippen LogP contribution is -2.09. The molecule has 21 heavy (non-hydrogen) atoms. The number of aromatic nitrogens is 1. The summed E-state index contributed by atoms with van der Waals surface area (Å²) in [6.07, 6.45) is -3.58. The van der Waals surface area contributed by atoms with Gasteiger partial charge < -0.3 is 10.5 Å². The highest BCUT2D eigenvalue weighted by atomic mass is 19.4. The van der Waals surface area contributed by atoms with Gasteiger partial charge in [-0.05, 0) is 43.5 Å². The van der Waals surface area contributed by atoms with Crippen LogP contribution < -0.4 is 10.5 Å². The van der Waals surface area contributed by atoms with Crippen LogP contribution in [-0.4, -0.2) is 4.98 Å². The van der Waals surface area contributed by atoms with Crippen LogP contribution in [0.1, 0.15) is 22.4 Å². The molecule has 112 valence electrons. The van der Waals surface area contributed by atoms with E-state index in [0.717, 1.165) is 29.0 Å². The van der Waals surface area contributed by atoms with Crippen LogP contribution in [0.4, 0.5) is 18.9 Å². The maximum absolute atomic E-state index is 12.7. The zero-order valence-corrected chi connectivity index (χ0v) is 11.9. The molecule has 2 N–H and O–H groups in total. The number of pyridine rings is 1. The molecule has 2 aromatic rings. The number of hydrogen-bond donors (Lipinski definition) is 1. The SMILES string of the molecule is Cc1cc(C)c(C)c(Oc2cc(C(F)(F)F)ncc2N)c1. The normalized spacial score (nSPS) is 11.5. The third-order valence-corrected chi connectivity index (χ3v) is 3.17. The van der Waals surface area contributed by atoms with Gasteiger partial charge in [-0.2, -0.15) is 13.2 Å². The van der Waals surface area contributed by atoms with Crippen molar-refractivity contribution < 1.29 is 17.9 Å². The number of nitrogens with two attached hydrogens (primary N) is 1. The Morgan fingerprint density at radius 2 is 1.71 bits per heavy atom. The highest BCUT2D eigenvalue weighted by molar-refractivity contribution is 5.54. The van der Waals surface area contributed by atoms with Crippen LogP contribution in [0.25, 0.3) is 0 Å². The van der Waals surface area contributed by atoms with Crippen molar-refractivity contribution in [3.05, 3.63) is 46.8 Å². The summed E-state index contributed by atoms with van der Waals surface area (Å²) < 4.78 is 43.6. The summed E-state index contributed by atoms with van der Waals surface area (Å²) in [4.78, 5) is 3.28. The van der Waals surface area contributed by atoms with Crippen LogP contribution in [-0.2, 0) is 6.18 Å². The molecule has 1 aromatic carbocycles. The molecule has 1 aromatic heterocycles. The van der Waals surface area contributed by atoms with Crippen molar-refractivity contribution in [2.75, 3.05) is 5.73 Å². The van der Waals surface area contributed by atoms with E-state index in [1.54, 1.807) is 6.07 Å². The highest BCUT2D eigenvalue weighted by Gasteiger charge is 2.33. The van der Waals surface area contributed by atoms with E-state index in [0.29, 0.717) is 5.75 Å². The smallest absolute Gasteiger partial charge is 0.433 e. The van der Waals surface area contributed by atoms with Crippen molar-refractivity contribution in [3.8, 4) is 11.5 Å². The maximum Gasteiger partial charge on any atom is 0.433 e. The molecular formula is C15H15F3N2O. The molecule has 0 fully saturated rings.